The molecule has 0 aromatic heterocycles. The first-order valence-corrected chi connectivity index (χ1v) is 8.04. The van der Waals surface area contributed by atoms with Crippen molar-refractivity contribution in [2.45, 2.75) is 47.0 Å². The van der Waals surface area contributed by atoms with Gasteiger partial charge < -0.3 is 10.2 Å². The number of benzene rings is 1. The summed E-state index contributed by atoms with van der Waals surface area (Å²) in [6.07, 6.45) is 7.48. The predicted molar refractivity (Wildman–Crippen MR) is 91.8 cm³/mol. The van der Waals surface area contributed by atoms with Gasteiger partial charge in [-0.15, -0.1) is 0 Å². The lowest BCUT2D eigenvalue weighted by Crippen LogP contribution is -1.95. The molecule has 22 heavy (non-hydrogen) atoms. The van der Waals surface area contributed by atoms with E-state index in [4.69, 9.17) is 11.6 Å². The molecule has 0 aliphatic rings. The Hall–Kier alpha value is -1.48. The summed E-state index contributed by atoms with van der Waals surface area (Å²) in [4.78, 5) is 11.1. The van der Waals surface area contributed by atoms with E-state index in [0.29, 0.717) is 23.7 Å². The second-order valence-corrected chi connectivity index (χ2v) is 6.62. The minimum atomic E-state index is -0.222. The summed E-state index contributed by atoms with van der Waals surface area (Å²) in [7, 11) is 0. The molecule has 4 heteroatoms. The molecule has 3 nitrogen and oxygen atoms in total. The Labute approximate surface area is 137 Å². The van der Waals surface area contributed by atoms with Crippen LogP contribution in [-0.4, -0.2) is 16.5 Å². The fourth-order valence-corrected chi connectivity index (χ4v) is 2.56. The predicted octanol–water partition coefficient (Wildman–Crippen LogP) is 5.35. The number of aromatic hydroxyl groups is 2. The van der Waals surface area contributed by atoms with Gasteiger partial charge in [-0.05, 0) is 30.7 Å². The normalized spacial score (nSPS) is 13.0. The SMILES string of the molecule is Cc1c(Cl)c(O)c(C=CC(C)CCCC(C)C)c(O)c1C=O. The van der Waals surface area contributed by atoms with E-state index in [-0.39, 0.29) is 27.6 Å². The molecule has 0 spiro atoms. The van der Waals surface area contributed by atoms with Gasteiger partial charge in [-0.3, -0.25) is 4.79 Å². The smallest absolute Gasteiger partial charge is 0.154 e. The molecule has 1 aromatic rings. The Morgan fingerprint density at radius 3 is 2.27 bits per heavy atom. The zero-order chi connectivity index (χ0) is 16.9. The number of carbonyl (C=O) groups excluding carboxylic acids is 1. The molecule has 0 heterocycles. The minimum Gasteiger partial charge on any atom is -0.506 e. The van der Waals surface area contributed by atoms with E-state index in [0.717, 1.165) is 12.8 Å². The molecule has 0 saturated heterocycles. The lowest BCUT2D eigenvalue weighted by molar-refractivity contribution is 0.112. The average molecular weight is 325 g/mol. The number of hydrogen-bond donors (Lipinski definition) is 2. The summed E-state index contributed by atoms with van der Waals surface area (Å²) in [6.45, 7) is 8.08. The first kappa shape index (κ1) is 18.6. The van der Waals surface area contributed by atoms with Crippen LogP contribution >= 0.6 is 11.6 Å². The van der Waals surface area contributed by atoms with E-state index in [9.17, 15) is 15.0 Å². The maximum Gasteiger partial charge on any atom is 0.154 e. The Bertz CT molecular complexity index is 562. The van der Waals surface area contributed by atoms with Crippen LogP contribution in [0.2, 0.25) is 5.02 Å². The van der Waals surface area contributed by atoms with Crippen molar-refractivity contribution in [3.8, 4) is 11.5 Å². The summed E-state index contributed by atoms with van der Waals surface area (Å²) in [5.41, 5.74) is 0.706. The van der Waals surface area contributed by atoms with E-state index in [2.05, 4.69) is 20.8 Å². The Morgan fingerprint density at radius 1 is 1.09 bits per heavy atom. The van der Waals surface area contributed by atoms with Crippen molar-refractivity contribution in [2.24, 2.45) is 11.8 Å². The first-order valence-electron chi connectivity index (χ1n) is 7.66. The van der Waals surface area contributed by atoms with Crippen LogP contribution in [0.1, 0.15) is 61.5 Å². The molecule has 0 fully saturated rings. The van der Waals surface area contributed by atoms with Gasteiger partial charge in [0.25, 0.3) is 0 Å². The van der Waals surface area contributed by atoms with E-state index in [1.165, 1.54) is 6.42 Å². The molecule has 1 unspecified atom stereocenters. The molecule has 0 radical (unpaired) electrons. The molecule has 0 aliphatic heterocycles. The lowest BCUT2D eigenvalue weighted by atomic mass is 9.97. The van der Waals surface area contributed by atoms with Gasteiger partial charge in [-0.2, -0.15) is 0 Å². The lowest BCUT2D eigenvalue weighted by Gasteiger charge is -2.12. The quantitative estimate of drug-likeness (QED) is 0.665. The fraction of sp³-hybridized carbons (Fsp3) is 0.500. The van der Waals surface area contributed by atoms with Gasteiger partial charge in [0, 0.05) is 0 Å². The van der Waals surface area contributed by atoms with Crippen LogP contribution in [0.25, 0.3) is 6.08 Å². The van der Waals surface area contributed by atoms with Crippen LogP contribution in [0, 0.1) is 18.8 Å². The van der Waals surface area contributed by atoms with E-state index in [1.807, 2.05) is 6.08 Å². The highest BCUT2D eigenvalue weighted by Gasteiger charge is 2.18. The topological polar surface area (TPSA) is 57.5 Å². The monoisotopic (exact) mass is 324 g/mol. The number of phenolic OH excluding ortho intramolecular Hbond substituents is 2. The fourth-order valence-electron chi connectivity index (χ4n) is 2.36. The molecule has 122 valence electrons. The van der Waals surface area contributed by atoms with Crippen molar-refractivity contribution in [3.63, 3.8) is 0 Å². The number of carbonyl (C=O) groups is 1. The second kappa shape index (κ2) is 8.23. The summed E-state index contributed by atoms with van der Waals surface area (Å²) in [5, 5.41) is 20.3. The minimum absolute atomic E-state index is 0.104. The highest BCUT2D eigenvalue weighted by atomic mass is 35.5. The summed E-state index contributed by atoms with van der Waals surface area (Å²) in [5.74, 6) is 0.598. The van der Waals surface area contributed by atoms with Gasteiger partial charge in [0.05, 0.1) is 16.1 Å². The summed E-state index contributed by atoms with van der Waals surface area (Å²) >= 11 is 6.02. The molecule has 1 aromatic carbocycles. The molecule has 0 bridgehead atoms. The maximum absolute atomic E-state index is 11.1. The van der Waals surface area contributed by atoms with E-state index in [1.54, 1.807) is 13.0 Å². The van der Waals surface area contributed by atoms with Crippen molar-refractivity contribution >= 4 is 24.0 Å². The van der Waals surface area contributed by atoms with Crippen LogP contribution in [-0.2, 0) is 0 Å². The van der Waals surface area contributed by atoms with Crippen LogP contribution < -0.4 is 0 Å². The number of aldehydes is 1. The van der Waals surface area contributed by atoms with Crippen molar-refractivity contribution in [1.29, 1.82) is 0 Å². The maximum atomic E-state index is 11.1. The number of hydrogen-bond acceptors (Lipinski definition) is 3. The molecular weight excluding hydrogens is 300 g/mol. The molecule has 0 amide bonds. The second-order valence-electron chi connectivity index (χ2n) is 6.24. The van der Waals surface area contributed by atoms with Crippen LogP contribution in [0.15, 0.2) is 6.08 Å². The molecule has 2 N–H and O–H groups in total. The highest BCUT2D eigenvalue weighted by molar-refractivity contribution is 6.33. The van der Waals surface area contributed by atoms with Crippen molar-refractivity contribution in [1.82, 2.24) is 0 Å². The Morgan fingerprint density at radius 2 is 1.73 bits per heavy atom. The van der Waals surface area contributed by atoms with Crippen LogP contribution in [0.3, 0.4) is 0 Å². The first-order chi connectivity index (χ1) is 10.3. The molecule has 1 atom stereocenters. The van der Waals surface area contributed by atoms with Crippen molar-refractivity contribution in [2.75, 3.05) is 0 Å². The average Bonchev–Trinajstić information content (AvgIpc) is 2.45. The third-order valence-electron chi connectivity index (χ3n) is 3.86. The van der Waals surface area contributed by atoms with Crippen molar-refractivity contribution in [3.05, 3.63) is 27.8 Å². The molecule has 0 saturated carbocycles. The Kier molecular flexibility index (Phi) is 6.95. The Balaban J connectivity index is 2.95. The van der Waals surface area contributed by atoms with E-state index >= 15 is 0 Å². The van der Waals surface area contributed by atoms with Gasteiger partial charge in [0.2, 0.25) is 0 Å². The van der Waals surface area contributed by atoms with Gasteiger partial charge in [-0.1, -0.05) is 57.4 Å². The third kappa shape index (κ3) is 4.51. The summed E-state index contributed by atoms with van der Waals surface area (Å²) < 4.78 is 0. The van der Waals surface area contributed by atoms with Gasteiger partial charge >= 0.3 is 0 Å². The van der Waals surface area contributed by atoms with Crippen molar-refractivity contribution < 1.29 is 15.0 Å². The third-order valence-corrected chi connectivity index (χ3v) is 4.32. The summed E-state index contributed by atoms with van der Waals surface area (Å²) in [6, 6.07) is 0. The standard InChI is InChI=1S/C18H25ClO3/c1-11(2)6-5-7-12(3)8-9-14-17(21)15(10-20)13(4)16(19)18(14)22/h8-12,21-22H,5-7H2,1-4H3. The zero-order valence-corrected chi connectivity index (χ0v) is 14.4. The van der Waals surface area contributed by atoms with Crippen LogP contribution in [0.4, 0.5) is 0 Å². The number of rotatable bonds is 7. The van der Waals surface area contributed by atoms with E-state index < -0.39 is 0 Å². The molecule has 1 rings (SSSR count). The largest absolute Gasteiger partial charge is 0.506 e. The van der Waals surface area contributed by atoms with Gasteiger partial charge in [0.15, 0.2) is 6.29 Å². The van der Waals surface area contributed by atoms with Crippen LogP contribution in [0.5, 0.6) is 11.5 Å². The number of halogens is 1. The molecular formula is C18H25ClO3. The van der Waals surface area contributed by atoms with Gasteiger partial charge in [0.1, 0.15) is 11.5 Å². The van der Waals surface area contributed by atoms with Gasteiger partial charge in [-0.25, -0.2) is 0 Å². The number of phenols is 2. The number of allylic oxidation sites excluding steroid dienone is 1. The highest BCUT2D eigenvalue weighted by Crippen LogP contribution is 2.40. The zero-order valence-electron chi connectivity index (χ0n) is 13.7. The molecule has 0 aliphatic carbocycles.